The van der Waals surface area contributed by atoms with Crippen LogP contribution in [0.25, 0.3) is 0 Å². The minimum absolute atomic E-state index is 0. The molecule has 3 nitrogen and oxygen atoms in total. The number of nitrogens with two attached hydrogens (primary N) is 1. The van der Waals surface area contributed by atoms with Crippen molar-refractivity contribution in [2.75, 3.05) is 0 Å². The molecule has 1 saturated carbocycles. The highest BCUT2D eigenvalue weighted by atomic mass is 35.5. The molecule has 1 amide bonds. The lowest BCUT2D eigenvalue weighted by atomic mass is 9.93. The zero-order chi connectivity index (χ0) is 14.5. The van der Waals surface area contributed by atoms with Crippen molar-refractivity contribution in [1.82, 2.24) is 5.32 Å². The predicted molar refractivity (Wildman–Crippen MR) is 89.3 cm³/mol. The standard InChI is InChI=1S/C17H26N2O.ClH/c1-12(16(18)15-10-4-3-5-11-15)17(20)19-13(2)14-8-6-7-9-14;/h3-5,10-14,16H,6-9,18H2,1-2H3,(H,19,20);1H. The number of amides is 1. The fraction of sp³-hybridized carbons (Fsp3) is 0.588. The Morgan fingerprint density at radius 1 is 1.19 bits per heavy atom. The van der Waals surface area contributed by atoms with E-state index in [0.29, 0.717) is 5.92 Å². The van der Waals surface area contributed by atoms with Crippen molar-refractivity contribution in [2.45, 2.75) is 51.6 Å². The second-order valence-corrected chi connectivity index (χ2v) is 6.07. The number of hydrogen-bond donors (Lipinski definition) is 2. The van der Waals surface area contributed by atoms with E-state index in [-0.39, 0.29) is 36.3 Å². The zero-order valence-corrected chi connectivity index (χ0v) is 13.7. The Morgan fingerprint density at radius 2 is 1.76 bits per heavy atom. The molecule has 2 rings (SSSR count). The summed E-state index contributed by atoms with van der Waals surface area (Å²) in [6.45, 7) is 4.03. The maximum absolute atomic E-state index is 12.3. The zero-order valence-electron chi connectivity index (χ0n) is 12.9. The molecular formula is C17H27ClN2O. The van der Waals surface area contributed by atoms with E-state index in [0.717, 1.165) is 5.56 Å². The second kappa shape index (κ2) is 8.40. The van der Waals surface area contributed by atoms with Crippen LogP contribution in [0.2, 0.25) is 0 Å². The third-order valence-corrected chi connectivity index (χ3v) is 4.61. The van der Waals surface area contributed by atoms with E-state index in [9.17, 15) is 4.79 Å². The molecule has 0 radical (unpaired) electrons. The average Bonchev–Trinajstić information content (AvgIpc) is 3.01. The molecule has 0 heterocycles. The van der Waals surface area contributed by atoms with Crippen LogP contribution < -0.4 is 11.1 Å². The van der Waals surface area contributed by atoms with Crippen molar-refractivity contribution in [1.29, 1.82) is 0 Å². The molecule has 0 spiro atoms. The van der Waals surface area contributed by atoms with Crippen LogP contribution in [-0.4, -0.2) is 11.9 Å². The monoisotopic (exact) mass is 310 g/mol. The fourth-order valence-electron chi connectivity index (χ4n) is 3.06. The Bertz CT molecular complexity index is 432. The fourth-order valence-corrected chi connectivity index (χ4v) is 3.06. The van der Waals surface area contributed by atoms with Gasteiger partial charge in [-0.3, -0.25) is 4.79 Å². The van der Waals surface area contributed by atoms with Crippen molar-refractivity contribution in [3.8, 4) is 0 Å². The lowest BCUT2D eigenvalue weighted by molar-refractivity contribution is -0.126. The molecular weight excluding hydrogens is 284 g/mol. The van der Waals surface area contributed by atoms with Crippen LogP contribution in [0, 0.1) is 11.8 Å². The summed E-state index contributed by atoms with van der Waals surface area (Å²) >= 11 is 0. The Balaban J connectivity index is 0.00000220. The van der Waals surface area contributed by atoms with Gasteiger partial charge in [0, 0.05) is 12.1 Å². The first-order valence-corrected chi connectivity index (χ1v) is 7.70. The molecule has 3 N–H and O–H groups in total. The third kappa shape index (κ3) is 4.72. The van der Waals surface area contributed by atoms with Crippen LogP contribution in [0.4, 0.5) is 0 Å². The lowest BCUT2D eigenvalue weighted by Crippen LogP contribution is -2.42. The van der Waals surface area contributed by atoms with Gasteiger partial charge in [-0.25, -0.2) is 0 Å². The number of benzene rings is 1. The maximum atomic E-state index is 12.3. The van der Waals surface area contributed by atoms with Gasteiger partial charge in [-0.15, -0.1) is 12.4 Å². The Hall–Kier alpha value is -1.06. The van der Waals surface area contributed by atoms with Gasteiger partial charge in [0.05, 0.1) is 5.92 Å². The van der Waals surface area contributed by atoms with Crippen LogP contribution in [-0.2, 0) is 4.79 Å². The summed E-state index contributed by atoms with van der Waals surface area (Å²) in [6.07, 6.45) is 5.06. The molecule has 21 heavy (non-hydrogen) atoms. The van der Waals surface area contributed by atoms with Gasteiger partial charge in [0.1, 0.15) is 0 Å². The molecule has 118 valence electrons. The topological polar surface area (TPSA) is 55.1 Å². The van der Waals surface area contributed by atoms with Gasteiger partial charge >= 0.3 is 0 Å². The van der Waals surface area contributed by atoms with E-state index in [2.05, 4.69) is 12.2 Å². The molecule has 1 fully saturated rings. The van der Waals surface area contributed by atoms with Crippen LogP contribution >= 0.6 is 12.4 Å². The lowest BCUT2D eigenvalue weighted by Gasteiger charge is -2.25. The number of rotatable bonds is 5. The first-order valence-electron chi connectivity index (χ1n) is 7.70. The molecule has 1 aliphatic carbocycles. The van der Waals surface area contributed by atoms with Gasteiger partial charge in [-0.05, 0) is 31.2 Å². The second-order valence-electron chi connectivity index (χ2n) is 6.07. The summed E-state index contributed by atoms with van der Waals surface area (Å²) in [4.78, 5) is 12.3. The quantitative estimate of drug-likeness (QED) is 0.875. The number of halogens is 1. The van der Waals surface area contributed by atoms with Gasteiger partial charge in [-0.2, -0.15) is 0 Å². The van der Waals surface area contributed by atoms with E-state index in [4.69, 9.17) is 5.73 Å². The number of nitrogens with one attached hydrogen (secondary N) is 1. The maximum Gasteiger partial charge on any atom is 0.224 e. The Kier molecular flexibility index (Phi) is 7.20. The van der Waals surface area contributed by atoms with Crippen LogP contribution in [0.3, 0.4) is 0 Å². The molecule has 3 atom stereocenters. The summed E-state index contributed by atoms with van der Waals surface area (Å²) in [5.41, 5.74) is 7.23. The normalized spacial score (nSPS) is 19.4. The average molecular weight is 311 g/mol. The first-order chi connectivity index (χ1) is 9.59. The predicted octanol–water partition coefficient (Wildman–Crippen LogP) is 3.44. The number of hydrogen-bond acceptors (Lipinski definition) is 2. The molecule has 4 heteroatoms. The summed E-state index contributed by atoms with van der Waals surface area (Å²) in [7, 11) is 0. The molecule has 0 aliphatic heterocycles. The first kappa shape index (κ1) is 18.0. The molecule has 0 aromatic heterocycles. The summed E-state index contributed by atoms with van der Waals surface area (Å²) in [5, 5.41) is 3.15. The number of carbonyl (C=O) groups is 1. The summed E-state index contributed by atoms with van der Waals surface area (Å²) in [5.74, 6) is 0.501. The van der Waals surface area contributed by atoms with E-state index in [1.807, 2.05) is 37.3 Å². The van der Waals surface area contributed by atoms with Gasteiger partial charge in [0.25, 0.3) is 0 Å². The van der Waals surface area contributed by atoms with Crippen molar-refractivity contribution >= 4 is 18.3 Å². The van der Waals surface area contributed by atoms with Crippen molar-refractivity contribution in [2.24, 2.45) is 17.6 Å². The molecule has 1 aliphatic rings. The minimum atomic E-state index is -0.244. The molecule has 0 saturated heterocycles. The van der Waals surface area contributed by atoms with Crippen LogP contribution in [0.5, 0.6) is 0 Å². The summed E-state index contributed by atoms with van der Waals surface area (Å²) in [6, 6.07) is 9.86. The largest absolute Gasteiger partial charge is 0.353 e. The molecule has 0 bridgehead atoms. The van der Waals surface area contributed by atoms with Crippen molar-refractivity contribution in [3.05, 3.63) is 35.9 Å². The minimum Gasteiger partial charge on any atom is -0.353 e. The molecule has 1 aromatic rings. The van der Waals surface area contributed by atoms with E-state index < -0.39 is 0 Å². The van der Waals surface area contributed by atoms with Crippen LogP contribution in [0.1, 0.15) is 51.1 Å². The molecule has 1 aromatic carbocycles. The summed E-state index contributed by atoms with van der Waals surface area (Å²) < 4.78 is 0. The highest BCUT2D eigenvalue weighted by molar-refractivity contribution is 5.85. The SMILES string of the molecule is CC(NC(=O)C(C)C(N)c1ccccc1)C1CCCC1.Cl. The van der Waals surface area contributed by atoms with Gasteiger partial charge in [-0.1, -0.05) is 50.1 Å². The highest BCUT2D eigenvalue weighted by Gasteiger charge is 2.27. The Morgan fingerprint density at radius 3 is 2.33 bits per heavy atom. The van der Waals surface area contributed by atoms with Gasteiger partial charge in [0.15, 0.2) is 0 Å². The third-order valence-electron chi connectivity index (χ3n) is 4.61. The van der Waals surface area contributed by atoms with E-state index >= 15 is 0 Å². The van der Waals surface area contributed by atoms with Gasteiger partial charge in [0.2, 0.25) is 5.91 Å². The molecule has 3 unspecified atom stereocenters. The van der Waals surface area contributed by atoms with Gasteiger partial charge < -0.3 is 11.1 Å². The highest BCUT2D eigenvalue weighted by Crippen LogP contribution is 2.28. The van der Waals surface area contributed by atoms with E-state index in [1.165, 1.54) is 25.7 Å². The van der Waals surface area contributed by atoms with Crippen molar-refractivity contribution < 1.29 is 4.79 Å². The smallest absolute Gasteiger partial charge is 0.224 e. The van der Waals surface area contributed by atoms with Crippen LogP contribution in [0.15, 0.2) is 30.3 Å². The number of carbonyl (C=O) groups excluding carboxylic acids is 1. The van der Waals surface area contributed by atoms with Crippen molar-refractivity contribution in [3.63, 3.8) is 0 Å². The van der Waals surface area contributed by atoms with E-state index in [1.54, 1.807) is 0 Å². The Labute approximate surface area is 134 Å².